The van der Waals surface area contributed by atoms with E-state index < -0.39 is 0 Å². The number of aryl methyl sites for hydroxylation is 3. The number of hydrogen-bond donors (Lipinski definition) is 0. The zero-order valence-electron chi connectivity index (χ0n) is 17.4. The third kappa shape index (κ3) is 3.52. The molecule has 0 unspecified atom stereocenters. The first-order valence-corrected chi connectivity index (χ1v) is 9.89. The van der Waals surface area contributed by atoms with Crippen LogP contribution in [0.2, 0.25) is 0 Å². The molecule has 2 aromatic carbocycles. The van der Waals surface area contributed by atoms with E-state index in [2.05, 4.69) is 26.3 Å². The maximum absolute atomic E-state index is 13.0. The number of hydrogen-bond acceptors (Lipinski definition) is 6. The van der Waals surface area contributed by atoms with Crippen LogP contribution in [-0.4, -0.2) is 29.5 Å². The molecule has 0 spiro atoms. The van der Waals surface area contributed by atoms with Gasteiger partial charge in [0, 0.05) is 5.56 Å². The van der Waals surface area contributed by atoms with Crippen LogP contribution in [0.1, 0.15) is 22.6 Å². The molecule has 0 fully saturated rings. The van der Waals surface area contributed by atoms with E-state index in [9.17, 15) is 4.79 Å². The molecule has 0 saturated carbocycles. The van der Waals surface area contributed by atoms with Gasteiger partial charge in [-0.25, -0.2) is 9.67 Å². The molecule has 154 valence electrons. The van der Waals surface area contributed by atoms with Crippen LogP contribution >= 0.6 is 0 Å². The van der Waals surface area contributed by atoms with Crippen molar-refractivity contribution >= 4 is 11.0 Å². The lowest BCUT2D eigenvalue weighted by atomic mass is 10.1. The van der Waals surface area contributed by atoms with Gasteiger partial charge < -0.3 is 4.52 Å². The van der Waals surface area contributed by atoms with Gasteiger partial charge in [0.25, 0.3) is 5.56 Å². The van der Waals surface area contributed by atoms with Crippen LogP contribution in [0.15, 0.2) is 64.3 Å². The molecular weight excluding hydrogens is 392 g/mol. The van der Waals surface area contributed by atoms with Gasteiger partial charge in [-0.05, 0) is 44.0 Å². The fourth-order valence-electron chi connectivity index (χ4n) is 3.61. The molecule has 0 radical (unpaired) electrons. The second-order valence-electron chi connectivity index (χ2n) is 7.69. The number of rotatable bonds is 4. The molecule has 3 aromatic heterocycles. The number of nitrogens with zero attached hydrogens (tertiary/aromatic N) is 6. The maximum atomic E-state index is 13.0. The maximum Gasteiger partial charge on any atom is 0.264 e. The van der Waals surface area contributed by atoms with Crippen LogP contribution in [-0.2, 0) is 6.54 Å². The highest BCUT2D eigenvalue weighted by Gasteiger charge is 2.15. The molecule has 8 nitrogen and oxygen atoms in total. The summed E-state index contributed by atoms with van der Waals surface area (Å²) in [4.78, 5) is 21.9. The van der Waals surface area contributed by atoms with Gasteiger partial charge in [-0.3, -0.25) is 9.36 Å². The smallest absolute Gasteiger partial charge is 0.264 e. The lowest BCUT2D eigenvalue weighted by Gasteiger charge is -2.06. The Morgan fingerprint density at radius 3 is 2.45 bits per heavy atom. The van der Waals surface area contributed by atoms with E-state index in [0.29, 0.717) is 22.7 Å². The SMILES string of the molecule is Cc1ccc(-c2noc(Cn3cnc4c(cnn4-c4cc(C)cc(C)c4)c3=O)n2)cc1. The van der Waals surface area contributed by atoms with E-state index in [-0.39, 0.29) is 12.1 Å². The third-order valence-electron chi connectivity index (χ3n) is 5.09. The van der Waals surface area contributed by atoms with Crippen molar-refractivity contribution in [3.63, 3.8) is 0 Å². The highest BCUT2D eigenvalue weighted by Crippen LogP contribution is 2.18. The van der Waals surface area contributed by atoms with Crippen molar-refractivity contribution in [3.05, 3.63) is 87.9 Å². The molecule has 3 heterocycles. The van der Waals surface area contributed by atoms with Gasteiger partial charge in [0.15, 0.2) is 5.65 Å². The predicted octanol–water partition coefficient (Wildman–Crippen LogP) is 3.61. The minimum absolute atomic E-state index is 0.134. The lowest BCUT2D eigenvalue weighted by molar-refractivity contribution is 0.369. The van der Waals surface area contributed by atoms with E-state index in [1.807, 2.05) is 57.2 Å². The molecule has 0 aliphatic heterocycles. The molecule has 8 heteroatoms. The van der Waals surface area contributed by atoms with Crippen molar-refractivity contribution in [2.75, 3.05) is 0 Å². The molecule has 0 amide bonds. The van der Waals surface area contributed by atoms with Crippen molar-refractivity contribution in [2.24, 2.45) is 0 Å². The first-order chi connectivity index (χ1) is 15.0. The van der Waals surface area contributed by atoms with E-state index in [0.717, 1.165) is 27.9 Å². The highest BCUT2D eigenvalue weighted by molar-refractivity contribution is 5.75. The Morgan fingerprint density at radius 1 is 0.968 bits per heavy atom. The lowest BCUT2D eigenvalue weighted by Crippen LogP contribution is -2.21. The van der Waals surface area contributed by atoms with Crippen molar-refractivity contribution in [3.8, 4) is 17.1 Å². The number of fused-ring (bicyclic) bond motifs is 1. The molecule has 0 atom stereocenters. The summed E-state index contributed by atoms with van der Waals surface area (Å²) < 4.78 is 8.48. The van der Waals surface area contributed by atoms with Gasteiger partial charge >= 0.3 is 0 Å². The van der Waals surface area contributed by atoms with Gasteiger partial charge in [0.1, 0.15) is 18.3 Å². The Kier molecular flexibility index (Phi) is 4.47. The van der Waals surface area contributed by atoms with Gasteiger partial charge in [0.2, 0.25) is 11.7 Å². The number of benzene rings is 2. The Balaban J connectivity index is 1.47. The topological polar surface area (TPSA) is 91.6 Å². The molecule has 0 aliphatic carbocycles. The average Bonchev–Trinajstić information content (AvgIpc) is 3.37. The molecular formula is C23H20N6O2. The minimum Gasteiger partial charge on any atom is -0.337 e. The monoisotopic (exact) mass is 412 g/mol. The van der Waals surface area contributed by atoms with Crippen LogP contribution < -0.4 is 5.56 Å². The fraction of sp³-hybridized carbons (Fsp3) is 0.174. The summed E-state index contributed by atoms with van der Waals surface area (Å²) in [5.41, 5.74) is 5.42. The fourth-order valence-corrected chi connectivity index (χ4v) is 3.61. The van der Waals surface area contributed by atoms with Crippen LogP contribution in [0.5, 0.6) is 0 Å². The predicted molar refractivity (Wildman–Crippen MR) is 116 cm³/mol. The van der Waals surface area contributed by atoms with Crippen LogP contribution in [0.25, 0.3) is 28.1 Å². The summed E-state index contributed by atoms with van der Waals surface area (Å²) in [6.07, 6.45) is 3.03. The minimum atomic E-state index is -0.212. The summed E-state index contributed by atoms with van der Waals surface area (Å²) in [5, 5.41) is 8.85. The Labute approximate surface area is 177 Å². The van der Waals surface area contributed by atoms with Crippen LogP contribution in [0.3, 0.4) is 0 Å². The van der Waals surface area contributed by atoms with Crippen molar-refractivity contribution in [2.45, 2.75) is 27.3 Å². The quantitative estimate of drug-likeness (QED) is 0.448. The summed E-state index contributed by atoms with van der Waals surface area (Å²) in [6.45, 7) is 6.20. The zero-order chi connectivity index (χ0) is 21.5. The van der Waals surface area contributed by atoms with Gasteiger partial charge in [-0.2, -0.15) is 10.1 Å². The molecule has 0 bridgehead atoms. The molecule has 0 N–H and O–H groups in total. The summed E-state index contributed by atoms with van der Waals surface area (Å²) in [5.74, 6) is 0.820. The van der Waals surface area contributed by atoms with Crippen molar-refractivity contribution in [1.82, 2.24) is 29.5 Å². The van der Waals surface area contributed by atoms with Gasteiger partial charge in [-0.15, -0.1) is 0 Å². The average molecular weight is 412 g/mol. The van der Waals surface area contributed by atoms with E-state index in [4.69, 9.17) is 4.52 Å². The zero-order valence-corrected chi connectivity index (χ0v) is 17.4. The first kappa shape index (κ1) is 18.9. The van der Waals surface area contributed by atoms with Crippen molar-refractivity contribution in [1.29, 1.82) is 0 Å². The van der Waals surface area contributed by atoms with Crippen molar-refractivity contribution < 1.29 is 4.52 Å². The summed E-state index contributed by atoms with van der Waals surface area (Å²) in [7, 11) is 0. The van der Waals surface area contributed by atoms with Crippen LogP contribution in [0, 0.1) is 20.8 Å². The third-order valence-corrected chi connectivity index (χ3v) is 5.09. The summed E-state index contributed by atoms with van der Waals surface area (Å²) >= 11 is 0. The number of aromatic nitrogens is 6. The first-order valence-electron chi connectivity index (χ1n) is 9.89. The molecule has 0 saturated heterocycles. The van der Waals surface area contributed by atoms with E-state index in [1.165, 1.54) is 10.9 Å². The van der Waals surface area contributed by atoms with Crippen LogP contribution in [0.4, 0.5) is 0 Å². The summed E-state index contributed by atoms with van der Waals surface area (Å²) in [6, 6.07) is 14.0. The molecule has 5 aromatic rings. The Hall–Kier alpha value is -4.07. The molecule has 5 rings (SSSR count). The Bertz CT molecular complexity index is 1440. The van der Waals surface area contributed by atoms with Gasteiger partial charge in [0.05, 0.1) is 11.9 Å². The highest BCUT2D eigenvalue weighted by atomic mass is 16.5. The standard InChI is InChI=1S/C23H20N6O2/c1-14-4-6-17(7-5-14)21-26-20(31-27-21)12-28-13-24-22-19(23(28)30)11-25-29(22)18-9-15(2)8-16(3)10-18/h4-11,13H,12H2,1-3H3. The Morgan fingerprint density at radius 2 is 1.71 bits per heavy atom. The van der Waals surface area contributed by atoms with E-state index >= 15 is 0 Å². The normalized spacial score (nSPS) is 11.3. The largest absolute Gasteiger partial charge is 0.337 e. The second-order valence-corrected chi connectivity index (χ2v) is 7.69. The molecule has 31 heavy (non-hydrogen) atoms. The van der Waals surface area contributed by atoms with Gasteiger partial charge in [-0.1, -0.05) is 41.1 Å². The second kappa shape index (κ2) is 7.32. The molecule has 0 aliphatic rings. The van der Waals surface area contributed by atoms with E-state index in [1.54, 1.807) is 10.9 Å².